The Morgan fingerprint density at radius 3 is 2.65 bits per heavy atom. The van der Waals surface area contributed by atoms with E-state index in [9.17, 15) is 5.26 Å². The lowest BCUT2D eigenvalue weighted by Gasteiger charge is -2.45. The van der Waals surface area contributed by atoms with Crippen molar-refractivity contribution in [1.29, 1.82) is 5.26 Å². The summed E-state index contributed by atoms with van der Waals surface area (Å²) in [4.78, 5) is 0. The zero-order chi connectivity index (χ0) is 12.5. The molecule has 0 aromatic heterocycles. The summed E-state index contributed by atoms with van der Waals surface area (Å²) in [6.07, 6.45) is 1.93. The summed E-state index contributed by atoms with van der Waals surface area (Å²) in [5, 5.41) is 12.8. The molecule has 2 nitrogen and oxygen atoms in total. The Labute approximate surface area is 104 Å². The van der Waals surface area contributed by atoms with Gasteiger partial charge in [0.1, 0.15) is 5.54 Å². The Hall–Kier alpha value is -1.49. The number of hydrogen-bond donors (Lipinski definition) is 1. The highest BCUT2D eigenvalue weighted by molar-refractivity contribution is 5.50. The van der Waals surface area contributed by atoms with Crippen molar-refractivity contribution in [3.63, 3.8) is 0 Å². The molecule has 0 unspecified atom stereocenters. The number of nitrogens with one attached hydrogen (secondary N) is 1. The van der Waals surface area contributed by atoms with Gasteiger partial charge in [-0.2, -0.15) is 5.26 Å². The molecule has 0 amide bonds. The van der Waals surface area contributed by atoms with E-state index in [0.717, 1.165) is 18.5 Å². The van der Waals surface area contributed by atoms with Gasteiger partial charge >= 0.3 is 0 Å². The fraction of sp³-hybridized carbons (Fsp3) is 0.533. The number of rotatable bonds is 3. The van der Waals surface area contributed by atoms with Crippen LogP contribution in [0.5, 0.6) is 0 Å². The normalized spacial score (nSPS) is 27.4. The van der Waals surface area contributed by atoms with Crippen LogP contribution in [0.25, 0.3) is 0 Å². The zero-order valence-corrected chi connectivity index (χ0v) is 10.8. The van der Waals surface area contributed by atoms with Gasteiger partial charge in [-0.25, -0.2) is 0 Å². The van der Waals surface area contributed by atoms with Gasteiger partial charge in [-0.1, -0.05) is 26.0 Å². The molecule has 17 heavy (non-hydrogen) atoms. The molecule has 1 aliphatic rings. The van der Waals surface area contributed by atoms with Gasteiger partial charge in [-0.05, 0) is 49.3 Å². The molecule has 0 saturated heterocycles. The fourth-order valence-electron chi connectivity index (χ4n) is 2.53. The van der Waals surface area contributed by atoms with Gasteiger partial charge in [0.25, 0.3) is 0 Å². The summed E-state index contributed by atoms with van der Waals surface area (Å²) in [6, 6.07) is 10.7. The van der Waals surface area contributed by atoms with Crippen molar-refractivity contribution in [2.45, 2.75) is 39.2 Å². The van der Waals surface area contributed by atoms with Crippen molar-refractivity contribution in [3.05, 3.63) is 29.8 Å². The lowest BCUT2D eigenvalue weighted by atomic mass is 9.64. The molecule has 0 radical (unpaired) electrons. The minimum absolute atomic E-state index is 0.331. The van der Waals surface area contributed by atoms with Crippen LogP contribution in [0.2, 0.25) is 0 Å². The molecule has 0 bridgehead atoms. The van der Waals surface area contributed by atoms with Crippen molar-refractivity contribution in [1.82, 2.24) is 0 Å². The van der Waals surface area contributed by atoms with Gasteiger partial charge in [-0.15, -0.1) is 0 Å². The van der Waals surface area contributed by atoms with Crippen LogP contribution in [0.15, 0.2) is 24.3 Å². The van der Waals surface area contributed by atoms with Gasteiger partial charge in [0.15, 0.2) is 0 Å². The van der Waals surface area contributed by atoms with E-state index in [1.807, 2.05) is 12.1 Å². The maximum atomic E-state index is 9.35. The topological polar surface area (TPSA) is 35.8 Å². The first kappa shape index (κ1) is 12.0. The van der Waals surface area contributed by atoms with Gasteiger partial charge in [0, 0.05) is 5.69 Å². The summed E-state index contributed by atoms with van der Waals surface area (Å²) < 4.78 is 0. The van der Waals surface area contributed by atoms with Gasteiger partial charge in [0.2, 0.25) is 0 Å². The second-order valence-electron chi connectivity index (χ2n) is 5.60. The van der Waals surface area contributed by atoms with E-state index < -0.39 is 0 Å². The molecule has 90 valence electrons. The van der Waals surface area contributed by atoms with Crippen molar-refractivity contribution >= 4 is 5.69 Å². The molecule has 0 aliphatic heterocycles. The zero-order valence-electron chi connectivity index (χ0n) is 10.8. The first-order valence-electron chi connectivity index (χ1n) is 6.31. The van der Waals surface area contributed by atoms with Gasteiger partial charge in [0.05, 0.1) is 6.07 Å². The highest BCUT2D eigenvalue weighted by atomic mass is 15.0. The van der Waals surface area contributed by atoms with E-state index in [1.54, 1.807) is 0 Å². The van der Waals surface area contributed by atoms with Crippen LogP contribution in [-0.2, 0) is 0 Å². The molecule has 1 N–H and O–H groups in total. The Balaban J connectivity index is 2.06. The second-order valence-corrected chi connectivity index (χ2v) is 5.60. The minimum atomic E-state index is -0.331. The maximum Gasteiger partial charge on any atom is 0.125 e. The average molecular weight is 228 g/mol. The van der Waals surface area contributed by atoms with Crippen LogP contribution < -0.4 is 5.32 Å². The third-order valence-electron chi connectivity index (χ3n) is 3.78. The van der Waals surface area contributed by atoms with E-state index in [-0.39, 0.29) is 5.54 Å². The van der Waals surface area contributed by atoms with Crippen LogP contribution in [0, 0.1) is 30.1 Å². The molecule has 1 aromatic carbocycles. The van der Waals surface area contributed by atoms with E-state index in [2.05, 4.69) is 44.3 Å². The Kier molecular flexibility index (Phi) is 3.11. The molecular formula is C15H20N2. The first-order chi connectivity index (χ1) is 8.04. The minimum Gasteiger partial charge on any atom is -0.367 e. The van der Waals surface area contributed by atoms with Crippen molar-refractivity contribution in [3.8, 4) is 6.07 Å². The molecule has 0 spiro atoms. The summed E-state index contributed by atoms with van der Waals surface area (Å²) >= 11 is 0. The smallest absolute Gasteiger partial charge is 0.125 e. The number of nitriles is 1. The first-order valence-corrected chi connectivity index (χ1v) is 6.31. The number of aryl methyl sites for hydroxylation is 1. The standard InChI is InChI=1S/C15H20N2/c1-11(2)13-8-15(9-13,10-16)17-14-6-4-5-12(3)7-14/h4-7,11,13,17H,8-9H2,1-3H3. The third kappa shape index (κ3) is 2.44. The highest BCUT2D eigenvalue weighted by Crippen LogP contribution is 2.43. The summed E-state index contributed by atoms with van der Waals surface area (Å²) in [5.41, 5.74) is 1.96. The molecule has 2 heteroatoms. The van der Waals surface area contributed by atoms with Crippen LogP contribution in [0.1, 0.15) is 32.3 Å². The largest absolute Gasteiger partial charge is 0.367 e. The predicted octanol–water partition coefficient (Wildman–Crippen LogP) is 3.74. The van der Waals surface area contributed by atoms with Crippen LogP contribution in [0.4, 0.5) is 5.69 Å². The van der Waals surface area contributed by atoms with E-state index in [1.165, 1.54) is 5.56 Å². The van der Waals surface area contributed by atoms with E-state index in [4.69, 9.17) is 0 Å². The lowest BCUT2D eigenvalue weighted by molar-refractivity contribution is 0.165. The maximum absolute atomic E-state index is 9.35. The second kappa shape index (κ2) is 4.41. The van der Waals surface area contributed by atoms with Crippen molar-refractivity contribution in [2.75, 3.05) is 5.32 Å². The van der Waals surface area contributed by atoms with Crippen LogP contribution in [-0.4, -0.2) is 5.54 Å². The monoisotopic (exact) mass is 228 g/mol. The van der Waals surface area contributed by atoms with E-state index in [0.29, 0.717) is 11.8 Å². The molecule has 1 aliphatic carbocycles. The van der Waals surface area contributed by atoms with Crippen molar-refractivity contribution < 1.29 is 0 Å². The molecule has 1 aromatic rings. The Bertz CT molecular complexity index is 436. The summed E-state index contributed by atoms with van der Waals surface area (Å²) in [5.74, 6) is 1.36. The highest BCUT2D eigenvalue weighted by Gasteiger charge is 2.45. The molecular weight excluding hydrogens is 208 g/mol. The van der Waals surface area contributed by atoms with E-state index >= 15 is 0 Å². The number of anilines is 1. The summed E-state index contributed by atoms with van der Waals surface area (Å²) in [7, 11) is 0. The van der Waals surface area contributed by atoms with Crippen molar-refractivity contribution in [2.24, 2.45) is 11.8 Å². The Morgan fingerprint density at radius 1 is 1.41 bits per heavy atom. The molecule has 1 saturated carbocycles. The number of benzene rings is 1. The molecule has 2 rings (SSSR count). The van der Waals surface area contributed by atoms with Crippen LogP contribution in [0.3, 0.4) is 0 Å². The number of nitrogens with zero attached hydrogens (tertiary/aromatic N) is 1. The third-order valence-corrected chi connectivity index (χ3v) is 3.78. The average Bonchev–Trinajstić information content (AvgIpc) is 2.22. The summed E-state index contributed by atoms with van der Waals surface area (Å²) in [6.45, 7) is 6.54. The number of hydrogen-bond acceptors (Lipinski definition) is 2. The lowest BCUT2D eigenvalue weighted by Crippen LogP contribution is -2.50. The molecule has 0 atom stereocenters. The van der Waals surface area contributed by atoms with Gasteiger partial charge in [-0.3, -0.25) is 0 Å². The molecule has 1 fully saturated rings. The quantitative estimate of drug-likeness (QED) is 0.855. The Morgan fingerprint density at radius 2 is 2.12 bits per heavy atom. The predicted molar refractivity (Wildman–Crippen MR) is 70.7 cm³/mol. The van der Waals surface area contributed by atoms with Gasteiger partial charge < -0.3 is 5.32 Å². The van der Waals surface area contributed by atoms with Crippen LogP contribution >= 0.6 is 0 Å². The fourth-order valence-corrected chi connectivity index (χ4v) is 2.53. The SMILES string of the molecule is Cc1cccc(NC2(C#N)CC(C(C)C)C2)c1. The molecule has 0 heterocycles.